The highest BCUT2D eigenvalue weighted by molar-refractivity contribution is 9.10. The molecule has 7 nitrogen and oxygen atoms in total. The third-order valence-corrected chi connectivity index (χ3v) is 2.68. The van der Waals surface area contributed by atoms with Crippen LogP contribution in [0.15, 0.2) is 22.8 Å². The Morgan fingerprint density at radius 2 is 2.35 bits per heavy atom. The van der Waals surface area contributed by atoms with Gasteiger partial charge in [-0.2, -0.15) is 0 Å². The largest absolute Gasteiger partial charge is 0.481 e. The molecule has 0 aliphatic carbocycles. The molecular weight excluding hydrogens is 290 g/mol. The molecule has 8 heteroatoms. The number of carbonyl (C=O) groups is 1. The Morgan fingerprint density at radius 3 is 3.06 bits per heavy atom. The molecule has 0 radical (unpaired) electrons. The molecular formula is C9H8BrN5O2. The first kappa shape index (κ1) is 11.6. The number of halogens is 1. The summed E-state index contributed by atoms with van der Waals surface area (Å²) in [6, 6.07) is 3.59. The molecule has 0 aromatic carbocycles. The summed E-state index contributed by atoms with van der Waals surface area (Å²) in [7, 11) is 0. The zero-order valence-electron chi connectivity index (χ0n) is 8.62. The number of nitrogens with zero attached hydrogens (tertiary/aromatic N) is 5. The van der Waals surface area contributed by atoms with E-state index in [0.29, 0.717) is 11.5 Å². The first-order valence-corrected chi connectivity index (χ1v) is 5.56. The summed E-state index contributed by atoms with van der Waals surface area (Å²) < 4.78 is 2.17. The fourth-order valence-corrected chi connectivity index (χ4v) is 1.71. The van der Waals surface area contributed by atoms with Crippen LogP contribution in [0.3, 0.4) is 0 Å². The number of carboxylic acids is 1. The maximum absolute atomic E-state index is 10.5. The first-order chi connectivity index (χ1) is 8.18. The maximum atomic E-state index is 10.5. The van der Waals surface area contributed by atoms with E-state index in [1.54, 1.807) is 12.3 Å². The molecule has 0 saturated carbocycles. The van der Waals surface area contributed by atoms with Crippen LogP contribution in [0.4, 0.5) is 0 Å². The minimum Gasteiger partial charge on any atom is -0.481 e. The van der Waals surface area contributed by atoms with Gasteiger partial charge in [0.2, 0.25) is 5.82 Å². The van der Waals surface area contributed by atoms with Crippen molar-refractivity contribution in [3.63, 3.8) is 0 Å². The highest BCUT2D eigenvalue weighted by atomic mass is 79.9. The van der Waals surface area contributed by atoms with E-state index in [1.165, 1.54) is 4.68 Å². The second kappa shape index (κ2) is 5.00. The smallest absolute Gasteiger partial charge is 0.305 e. The summed E-state index contributed by atoms with van der Waals surface area (Å²) in [6.07, 6.45) is 1.58. The van der Waals surface area contributed by atoms with Crippen molar-refractivity contribution >= 4 is 21.9 Å². The zero-order valence-corrected chi connectivity index (χ0v) is 10.2. The van der Waals surface area contributed by atoms with E-state index < -0.39 is 5.97 Å². The Morgan fingerprint density at radius 1 is 1.53 bits per heavy atom. The van der Waals surface area contributed by atoms with E-state index in [-0.39, 0.29) is 13.0 Å². The molecule has 0 unspecified atom stereocenters. The van der Waals surface area contributed by atoms with Crippen molar-refractivity contribution in [1.82, 2.24) is 25.2 Å². The third kappa shape index (κ3) is 2.64. The lowest BCUT2D eigenvalue weighted by Gasteiger charge is -2.03. The predicted molar refractivity (Wildman–Crippen MR) is 61.0 cm³/mol. The molecule has 2 aromatic heterocycles. The van der Waals surface area contributed by atoms with Crippen molar-refractivity contribution in [2.24, 2.45) is 0 Å². The second-order valence-corrected chi connectivity index (χ2v) is 4.06. The lowest BCUT2D eigenvalue weighted by molar-refractivity contribution is -0.137. The van der Waals surface area contributed by atoms with Crippen LogP contribution in [0.1, 0.15) is 6.42 Å². The van der Waals surface area contributed by atoms with Gasteiger partial charge in [-0.25, -0.2) is 4.68 Å². The van der Waals surface area contributed by atoms with Crippen molar-refractivity contribution in [3.05, 3.63) is 22.8 Å². The summed E-state index contributed by atoms with van der Waals surface area (Å²) in [5.74, 6) is -0.453. The van der Waals surface area contributed by atoms with Gasteiger partial charge in [-0.15, -0.1) is 5.10 Å². The van der Waals surface area contributed by atoms with Gasteiger partial charge in [0.25, 0.3) is 0 Å². The van der Waals surface area contributed by atoms with Gasteiger partial charge >= 0.3 is 5.97 Å². The van der Waals surface area contributed by atoms with Gasteiger partial charge < -0.3 is 5.11 Å². The fraction of sp³-hybridized carbons (Fsp3) is 0.222. The Hall–Kier alpha value is -1.83. The summed E-state index contributed by atoms with van der Waals surface area (Å²) in [4.78, 5) is 14.7. The average molecular weight is 298 g/mol. The number of tetrazole rings is 1. The molecule has 0 bridgehead atoms. The van der Waals surface area contributed by atoms with Crippen molar-refractivity contribution in [2.45, 2.75) is 13.0 Å². The van der Waals surface area contributed by atoms with Crippen molar-refractivity contribution in [3.8, 4) is 11.5 Å². The second-order valence-electron chi connectivity index (χ2n) is 3.20. The number of hydrogen-bond donors (Lipinski definition) is 1. The van der Waals surface area contributed by atoms with Crippen LogP contribution < -0.4 is 0 Å². The number of hydrogen-bond acceptors (Lipinski definition) is 5. The molecule has 0 aliphatic rings. The van der Waals surface area contributed by atoms with Crippen LogP contribution in [-0.2, 0) is 11.3 Å². The first-order valence-electron chi connectivity index (χ1n) is 4.77. The molecule has 0 fully saturated rings. The maximum Gasteiger partial charge on any atom is 0.305 e. The fourth-order valence-electron chi connectivity index (χ4n) is 1.28. The molecule has 0 aliphatic heterocycles. The van der Waals surface area contributed by atoms with Gasteiger partial charge in [0.1, 0.15) is 5.69 Å². The Balaban J connectivity index is 2.31. The third-order valence-electron chi connectivity index (χ3n) is 2.04. The molecule has 2 heterocycles. The standard InChI is InChI=1S/C9H8BrN5O2/c10-6-2-1-4-11-8(6)9-12-13-14-15(9)5-3-7(16)17/h1-2,4H,3,5H2,(H,16,17). The number of aromatic nitrogens is 5. The molecule has 0 amide bonds. The van der Waals surface area contributed by atoms with Gasteiger partial charge in [-0.1, -0.05) is 0 Å². The molecule has 2 rings (SSSR count). The Bertz CT molecular complexity index is 542. The van der Waals surface area contributed by atoms with E-state index >= 15 is 0 Å². The van der Waals surface area contributed by atoms with Gasteiger partial charge in [-0.3, -0.25) is 9.78 Å². The van der Waals surface area contributed by atoms with E-state index in [1.807, 2.05) is 6.07 Å². The van der Waals surface area contributed by atoms with Gasteiger partial charge in [0, 0.05) is 10.7 Å². The lowest BCUT2D eigenvalue weighted by atomic mass is 10.3. The zero-order chi connectivity index (χ0) is 12.3. The molecule has 2 aromatic rings. The van der Waals surface area contributed by atoms with Crippen molar-refractivity contribution < 1.29 is 9.90 Å². The molecule has 88 valence electrons. The minimum absolute atomic E-state index is 0.0392. The molecule has 0 spiro atoms. The van der Waals surface area contributed by atoms with Crippen LogP contribution in [0.5, 0.6) is 0 Å². The number of pyridine rings is 1. The number of carboxylic acid groups (broad SMARTS) is 1. The van der Waals surface area contributed by atoms with Gasteiger partial charge in [0.15, 0.2) is 0 Å². The highest BCUT2D eigenvalue weighted by Crippen LogP contribution is 2.22. The highest BCUT2D eigenvalue weighted by Gasteiger charge is 2.13. The molecule has 17 heavy (non-hydrogen) atoms. The average Bonchev–Trinajstić information content (AvgIpc) is 2.75. The lowest BCUT2D eigenvalue weighted by Crippen LogP contribution is -2.08. The summed E-state index contributed by atoms with van der Waals surface area (Å²) >= 11 is 3.34. The van der Waals surface area contributed by atoms with E-state index in [0.717, 1.165) is 4.47 Å². The van der Waals surface area contributed by atoms with Crippen LogP contribution in [0.2, 0.25) is 0 Å². The Labute approximate surface area is 105 Å². The minimum atomic E-state index is -0.897. The van der Waals surface area contributed by atoms with E-state index in [9.17, 15) is 4.79 Å². The molecule has 1 N–H and O–H groups in total. The quantitative estimate of drug-likeness (QED) is 0.904. The summed E-state index contributed by atoms with van der Waals surface area (Å²) in [5, 5.41) is 19.7. The van der Waals surface area contributed by atoms with E-state index in [2.05, 4.69) is 36.4 Å². The summed E-state index contributed by atoms with van der Waals surface area (Å²) in [5.41, 5.74) is 0.586. The Kier molecular flexibility index (Phi) is 3.43. The normalized spacial score (nSPS) is 10.4. The van der Waals surface area contributed by atoms with Crippen LogP contribution in [0, 0.1) is 0 Å². The molecule has 0 saturated heterocycles. The van der Waals surface area contributed by atoms with Gasteiger partial charge in [0.05, 0.1) is 13.0 Å². The van der Waals surface area contributed by atoms with Crippen molar-refractivity contribution in [1.29, 1.82) is 0 Å². The summed E-state index contributed by atoms with van der Waals surface area (Å²) in [6.45, 7) is 0.209. The van der Waals surface area contributed by atoms with Gasteiger partial charge in [-0.05, 0) is 38.5 Å². The SMILES string of the molecule is O=C(O)CCn1nnnc1-c1ncccc1Br. The van der Waals surface area contributed by atoms with E-state index in [4.69, 9.17) is 5.11 Å². The number of aryl methyl sites for hydroxylation is 1. The number of aliphatic carboxylic acids is 1. The van der Waals surface area contributed by atoms with Crippen LogP contribution in [-0.4, -0.2) is 36.3 Å². The van der Waals surface area contributed by atoms with Crippen LogP contribution >= 0.6 is 15.9 Å². The topological polar surface area (TPSA) is 93.8 Å². The van der Waals surface area contributed by atoms with Crippen molar-refractivity contribution in [2.75, 3.05) is 0 Å². The molecule has 0 atom stereocenters. The number of rotatable bonds is 4. The predicted octanol–water partition coefficient (Wildman–Crippen LogP) is 0.972. The van der Waals surface area contributed by atoms with Crippen LogP contribution in [0.25, 0.3) is 11.5 Å². The monoisotopic (exact) mass is 297 g/mol.